The van der Waals surface area contributed by atoms with Crippen LogP contribution in [0.2, 0.25) is 0 Å². The first-order chi connectivity index (χ1) is 16.2. The van der Waals surface area contributed by atoms with E-state index in [0.29, 0.717) is 35.9 Å². The summed E-state index contributed by atoms with van der Waals surface area (Å²) in [7, 11) is -3.53. The molecule has 11 heteroatoms. The minimum absolute atomic E-state index is 0.0154. The van der Waals surface area contributed by atoms with Gasteiger partial charge in [-0.3, -0.25) is 10.1 Å². The summed E-state index contributed by atoms with van der Waals surface area (Å²) in [5.74, 6) is 0.724. The van der Waals surface area contributed by atoms with Crippen molar-refractivity contribution < 1.29 is 22.7 Å². The molecule has 1 N–H and O–H groups in total. The normalized spacial score (nSPS) is 11.5. The molecule has 3 rings (SSSR count). The van der Waals surface area contributed by atoms with Crippen molar-refractivity contribution in [1.29, 1.82) is 5.26 Å². The molecule has 0 saturated carbocycles. The lowest BCUT2D eigenvalue weighted by Crippen LogP contribution is -2.13. The maximum Gasteiger partial charge on any atom is 0.268 e. The average molecular weight is 499 g/mol. The highest BCUT2D eigenvalue weighted by molar-refractivity contribution is 7.92. The van der Waals surface area contributed by atoms with Gasteiger partial charge < -0.3 is 9.47 Å². The van der Waals surface area contributed by atoms with Crippen molar-refractivity contribution in [3.8, 4) is 17.6 Å². The Bertz CT molecular complexity index is 1360. The number of nitrogens with one attached hydrogen (secondary N) is 1. The maximum atomic E-state index is 12.4. The number of nitriles is 1. The summed E-state index contributed by atoms with van der Waals surface area (Å²) in [6.07, 6.45) is 2.40. The third-order valence-corrected chi connectivity index (χ3v) is 6.96. The van der Waals surface area contributed by atoms with E-state index in [4.69, 9.17) is 9.47 Å². The first-order valence-electron chi connectivity index (χ1n) is 10.1. The van der Waals surface area contributed by atoms with Crippen LogP contribution >= 0.6 is 11.3 Å². The molecule has 0 aliphatic rings. The predicted molar refractivity (Wildman–Crippen MR) is 129 cm³/mol. The van der Waals surface area contributed by atoms with E-state index in [1.807, 2.05) is 38.1 Å². The van der Waals surface area contributed by atoms with Gasteiger partial charge in [0.05, 0.1) is 0 Å². The molecular formula is C23H22N4O5S2. The number of nitrogens with zero attached hydrogens (tertiary/aromatic N) is 3. The van der Waals surface area contributed by atoms with Crippen LogP contribution in [0.4, 0.5) is 5.13 Å². The molecule has 9 nitrogen and oxygen atoms in total. The van der Waals surface area contributed by atoms with Crippen LogP contribution in [-0.4, -0.2) is 44.0 Å². The molecular weight excluding hydrogens is 476 g/mol. The van der Waals surface area contributed by atoms with Gasteiger partial charge in [-0.05, 0) is 54.8 Å². The molecule has 1 amide bonds. The monoisotopic (exact) mass is 498 g/mol. The van der Waals surface area contributed by atoms with E-state index in [-0.39, 0.29) is 15.0 Å². The second kappa shape index (κ2) is 10.9. The van der Waals surface area contributed by atoms with Crippen molar-refractivity contribution in [1.82, 2.24) is 10.2 Å². The van der Waals surface area contributed by atoms with Crippen molar-refractivity contribution in [3.63, 3.8) is 0 Å². The van der Waals surface area contributed by atoms with Gasteiger partial charge in [-0.2, -0.15) is 5.26 Å². The van der Waals surface area contributed by atoms with Crippen LogP contribution < -0.4 is 14.8 Å². The summed E-state index contributed by atoms with van der Waals surface area (Å²) in [5.41, 5.74) is 2.62. The Morgan fingerprint density at radius 3 is 2.47 bits per heavy atom. The molecule has 0 aliphatic heterocycles. The second-order valence-electron chi connectivity index (χ2n) is 7.30. The Labute approximate surface area is 201 Å². The summed E-state index contributed by atoms with van der Waals surface area (Å²) in [4.78, 5) is 12.4. The van der Waals surface area contributed by atoms with E-state index in [9.17, 15) is 18.5 Å². The largest absolute Gasteiger partial charge is 0.490 e. The summed E-state index contributed by atoms with van der Waals surface area (Å²) in [6.45, 7) is 4.73. The molecule has 0 unspecified atom stereocenters. The van der Waals surface area contributed by atoms with Gasteiger partial charge in [0.2, 0.25) is 19.3 Å². The lowest BCUT2D eigenvalue weighted by molar-refractivity contribution is -0.112. The Balaban J connectivity index is 1.55. The second-order valence-corrected chi connectivity index (χ2v) is 10.5. The summed E-state index contributed by atoms with van der Waals surface area (Å²) in [5, 5.41) is 18.9. The zero-order valence-electron chi connectivity index (χ0n) is 18.7. The summed E-state index contributed by atoms with van der Waals surface area (Å²) in [6, 6.07) is 14.7. The van der Waals surface area contributed by atoms with Crippen LogP contribution in [-0.2, 0) is 14.6 Å². The van der Waals surface area contributed by atoms with Gasteiger partial charge in [-0.15, -0.1) is 10.2 Å². The average Bonchev–Trinajstić information content (AvgIpc) is 3.27. The smallest absolute Gasteiger partial charge is 0.268 e. The number of hydrogen-bond donors (Lipinski definition) is 1. The Hall–Kier alpha value is -3.75. The topological polar surface area (TPSA) is 131 Å². The van der Waals surface area contributed by atoms with Gasteiger partial charge in [0.25, 0.3) is 5.91 Å². The highest BCUT2D eigenvalue weighted by Gasteiger charge is 2.17. The van der Waals surface area contributed by atoms with Crippen LogP contribution in [0.25, 0.3) is 6.08 Å². The van der Waals surface area contributed by atoms with Crippen molar-refractivity contribution in [2.45, 2.75) is 18.2 Å². The SMILES string of the molecule is Cc1ccc(C)c(OCCOc2ccc(/C=C(/C#N)C(=O)Nc3nnc(S(C)(=O)=O)s3)cc2)c1. The molecule has 34 heavy (non-hydrogen) atoms. The van der Waals surface area contributed by atoms with E-state index in [1.54, 1.807) is 24.3 Å². The number of hydrogen-bond acceptors (Lipinski definition) is 9. The van der Waals surface area contributed by atoms with Gasteiger partial charge in [-0.1, -0.05) is 35.6 Å². The van der Waals surface area contributed by atoms with E-state index in [2.05, 4.69) is 15.5 Å². The Kier molecular flexibility index (Phi) is 7.99. The van der Waals surface area contributed by atoms with Gasteiger partial charge in [0.1, 0.15) is 36.4 Å². The van der Waals surface area contributed by atoms with Crippen LogP contribution in [0.5, 0.6) is 11.5 Å². The standard InChI is InChI=1S/C23H22N4O5S2/c1-15-4-5-16(2)20(12-15)32-11-10-31-19-8-6-17(7-9-19)13-18(14-24)21(28)25-22-26-27-23(33-22)34(3,29)30/h4-9,12-13H,10-11H2,1-3H3,(H,25,26,28)/b18-13-. The molecule has 2 aromatic carbocycles. The third kappa shape index (κ3) is 6.87. The van der Waals surface area contributed by atoms with Crippen LogP contribution in [0.15, 0.2) is 52.4 Å². The van der Waals surface area contributed by atoms with Crippen molar-refractivity contribution >= 4 is 38.3 Å². The number of aryl methyl sites for hydroxylation is 2. The molecule has 1 aromatic heterocycles. The quantitative estimate of drug-likeness (QED) is 0.205. The minimum Gasteiger partial charge on any atom is -0.490 e. The molecule has 0 aliphatic carbocycles. The molecule has 0 radical (unpaired) electrons. The Morgan fingerprint density at radius 1 is 1.12 bits per heavy atom. The number of carbonyl (C=O) groups is 1. The predicted octanol–water partition coefficient (Wildman–Crippen LogP) is 3.56. The van der Waals surface area contributed by atoms with Gasteiger partial charge in [0, 0.05) is 6.26 Å². The molecule has 176 valence electrons. The number of benzene rings is 2. The summed E-state index contributed by atoms with van der Waals surface area (Å²) < 4.78 is 34.2. The fourth-order valence-electron chi connectivity index (χ4n) is 2.72. The summed E-state index contributed by atoms with van der Waals surface area (Å²) >= 11 is 0.708. The third-order valence-electron chi connectivity index (χ3n) is 4.45. The lowest BCUT2D eigenvalue weighted by Gasteiger charge is -2.11. The zero-order chi connectivity index (χ0) is 24.7. The maximum absolute atomic E-state index is 12.4. The van der Waals surface area contributed by atoms with Crippen LogP contribution in [0.1, 0.15) is 16.7 Å². The number of amides is 1. The number of aromatic nitrogens is 2. The number of sulfone groups is 1. The van der Waals surface area contributed by atoms with Gasteiger partial charge in [0.15, 0.2) is 0 Å². The molecule has 0 fully saturated rings. The number of rotatable bonds is 9. The highest BCUT2D eigenvalue weighted by atomic mass is 32.2. The molecule has 0 atom stereocenters. The minimum atomic E-state index is -3.53. The van der Waals surface area contributed by atoms with Gasteiger partial charge in [-0.25, -0.2) is 8.42 Å². The van der Waals surface area contributed by atoms with E-state index < -0.39 is 15.7 Å². The number of ether oxygens (including phenoxy) is 2. The fourth-order valence-corrected chi connectivity index (χ4v) is 4.23. The highest BCUT2D eigenvalue weighted by Crippen LogP contribution is 2.21. The number of anilines is 1. The van der Waals surface area contributed by atoms with Crippen molar-refractivity contribution in [3.05, 3.63) is 64.7 Å². The first-order valence-corrected chi connectivity index (χ1v) is 12.8. The van der Waals surface area contributed by atoms with E-state index in [0.717, 1.165) is 23.1 Å². The molecule has 1 heterocycles. The first kappa shape index (κ1) is 24.9. The van der Waals surface area contributed by atoms with Crippen molar-refractivity contribution in [2.75, 3.05) is 24.8 Å². The lowest BCUT2D eigenvalue weighted by atomic mass is 10.1. The molecule has 3 aromatic rings. The van der Waals surface area contributed by atoms with Gasteiger partial charge >= 0.3 is 0 Å². The van der Waals surface area contributed by atoms with E-state index in [1.165, 1.54) is 6.08 Å². The Morgan fingerprint density at radius 2 is 1.82 bits per heavy atom. The van der Waals surface area contributed by atoms with Crippen LogP contribution in [0.3, 0.4) is 0 Å². The van der Waals surface area contributed by atoms with Crippen molar-refractivity contribution in [2.24, 2.45) is 0 Å². The molecule has 0 saturated heterocycles. The fraction of sp³-hybridized carbons (Fsp3) is 0.217. The van der Waals surface area contributed by atoms with E-state index >= 15 is 0 Å². The molecule has 0 spiro atoms. The number of carbonyl (C=O) groups excluding carboxylic acids is 1. The van der Waals surface area contributed by atoms with Crippen LogP contribution in [0, 0.1) is 25.2 Å². The zero-order valence-corrected chi connectivity index (χ0v) is 20.4. The molecule has 0 bridgehead atoms.